The van der Waals surface area contributed by atoms with E-state index in [1.807, 2.05) is 62.6 Å². The van der Waals surface area contributed by atoms with Crippen molar-refractivity contribution >= 4 is 39.3 Å². The Morgan fingerprint density at radius 3 is 2.62 bits per heavy atom. The summed E-state index contributed by atoms with van der Waals surface area (Å²) in [5, 5.41) is 12.2. The maximum atomic E-state index is 12.5. The van der Waals surface area contributed by atoms with Gasteiger partial charge < -0.3 is 19.4 Å². The van der Waals surface area contributed by atoms with Gasteiger partial charge in [0.25, 0.3) is 0 Å². The minimum Gasteiger partial charge on any atom is -0.493 e. The van der Waals surface area contributed by atoms with Gasteiger partial charge in [0.1, 0.15) is 6.61 Å². The van der Waals surface area contributed by atoms with Crippen molar-refractivity contribution in [3.8, 4) is 11.5 Å². The Balaban J connectivity index is 1.62. The van der Waals surface area contributed by atoms with Gasteiger partial charge in [-0.3, -0.25) is 4.79 Å². The number of anilines is 1. The first-order valence-corrected chi connectivity index (χ1v) is 12.0. The Kier molecular flexibility index (Phi) is 8.20. The van der Waals surface area contributed by atoms with E-state index in [2.05, 4.69) is 31.4 Å². The fourth-order valence-corrected chi connectivity index (χ4v) is 4.38. The van der Waals surface area contributed by atoms with Crippen LogP contribution in [0.1, 0.15) is 29.4 Å². The smallest absolute Gasteiger partial charge is 0.234 e. The van der Waals surface area contributed by atoms with Crippen LogP contribution in [0.15, 0.2) is 40.0 Å². The maximum Gasteiger partial charge on any atom is 0.234 e. The number of nitrogens with one attached hydrogen (secondary N) is 1. The van der Waals surface area contributed by atoms with Crippen LogP contribution in [0.3, 0.4) is 0 Å². The number of hydrogen-bond acceptors (Lipinski definition) is 6. The number of ether oxygens (including phenoxy) is 2. The minimum atomic E-state index is -0.0901. The van der Waals surface area contributed by atoms with Crippen LogP contribution in [0.5, 0.6) is 11.5 Å². The van der Waals surface area contributed by atoms with E-state index in [9.17, 15) is 4.79 Å². The normalized spacial score (nSPS) is 10.8. The number of rotatable bonds is 9. The molecular weight excluding hydrogens is 492 g/mol. The van der Waals surface area contributed by atoms with Gasteiger partial charge in [-0.25, -0.2) is 0 Å². The van der Waals surface area contributed by atoms with E-state index in [0.717, 1.165) is 26.9 Å². The summed E-state index contributed by atoms with van der Waals surface area (Å²) in [5.74, 6) is 2.17. The van der Waals surface area contributed by atoms with Crippen molar-refractivity contribution < 1.29 is 14.3 Å². The van der Waals surface area contributed by atoms with Crippen LogP contribution >= 0.6 is 27.7 Å². The Bertz CT molecular complexity index is 1120. The molecule has 0 spiro atoms. The summed E-state index contributed by atoms with van der Waals surface area (Å²) in [6.45, 7) is 8.95. The summed E-state index contributed by atoms with van der Waals surface area (Å²) in [6.07, 6.45) is 0. The zero-order valence-corrected chi connectivity index (χ0v) is 21.3. The van der Waals surface area contributed by atoms with Gasteiger partial charge in [0.2, 0.25) is 5.91 Å². The van der Waals surface area contributed by atoms with Crippen molar-refractivity contribution in [2.45, 2.75) is 46.0 Å². The summed E-state index contributed by atoms with van der Waals surface area (Å²) >= 11 is 4.86. The standard InChI is InChI=1S/C23H27BrN4O3S/c1-6-28-21(12-31-19-10-7-14(2)11-20(19)30-5)26-27-23(28)32-13-22(29)25-18-9-8-17(24)15(3)16(18)4/h7-11H,6,12-13H2,1-5H3,(H,25,29). The van der Waals surface area contributed by atoms with Crippen LogP contribution in [0, 0.1) is 20.8 Å². The fraction of sp³-hybridized carbons (Fsp3) is 0.348. The highest BCUT2D eigenvalue weighted by Crippen LogP contribution is 2.29. The third-order valence-electron chi connectivity index (χ3n) is 5.11. The van der Waals surface area contributed by atoms with Crippen LogP contribution in [0.2, 0.25) is 0 Å². The molecule has 1 N–H and O–H groups in total. The molecule has 32 heavy (non-hydrogen) atoms. The lowest BCUT2D eigenvalue weighted by molar-refractivity contribution is -0.113. The molecule has 1 aromatic heterocycles. The van der Waals surface area contributed by atoms with E-state index >= 15 is 0 Å². The molecule has 0 aliphatic heterocycles. The Labute approximate surface area is 201 Å². The molecule has 1 heterocycles. The minimum absolute atomic E-state index is 0.0901. The zero-order valence-electron chi connectivity index (χ0n) is 18.9. The first-order chi connectivity index (χ1) is 15.3. The molecule has 0 aliphatic rings. The van der Waals surface area contributed by atoms with Crippen molar-refractivity contribution in [2.24, 2.45) is 0 Å². The van der Waals surface area contributed by atoms with Gasteiger partial charge in [-0.15, -0.1) is 10.2 Å². The van der Waals surface area contributed by atoms with Crippen molar-refractivity contribution in [3.05, 3.63) is 57.3 Å². The highest BCUT2D eigenvalue weighted by atomic mass is 79.9. The van der Waals surface area contributed by atoms with Crippen LogP contribution < -0.4 is 14.8 Å². The maximum absolute atomic E-state index is 12.5. The number of methoxy groups -OCH3 is 1. The summed E-state index contributed by atoms with van der Waals surface area (Å²) in [5.41, 5.74) is 4.06. The molecule has 3 rings (SSSR count). The molecule has 0 saturated heterocycles. The average molecular weight is 519 g/mol. The molecule has 9 heteroatoms. The molecule has 0 saturated carbocycles. The van der Waals surface area contributed by atoms with Crippen molar-refractivity contribution in [1.82, 2.24) is 14.8 Å². The van der Waals surface area contributed by atoms with E-state index in [0.29, 0.717) is 29.0 Å². The number of benzene rings is 2. The van der Waals surface area contributed by atoms with Crippen LogP contribution in [0.4, 0.5) is 5.69 Å². The van der Waals surface area contributed by atoms with E-state index in [-0.39, 0.29) is 18.3 Å². The number of halogens is 1. The SMILES string of the molecule is CCn1c(COc2ccc(C)cc2OC)nnc1SCC(=O)Nc1ccc(Br)c(C)c1C. The summed E-state index contributed by atoms with van der Waals surface area (Å²) in [7, 11) is 1.62. The number of carbonyl (C=O) groups is 1. The molecule has 1 amide bonds. The third-order valence-corrected chi connectivity index (χ3v) is 6.94. The lowest BCUT2D eigenvalue weighted by Gasteiger charge is -2.13. The third kappa shape index (κ3) is 5.63. The van der Waals surface area contributed by atoms with E-state index in [1.54, 1.807) is 7.11 Å². The lowest BCUT2D eigenvalue weighted by atomic mass is 10.1. The Hall–Kier alpha value is -2.52. The van der Waals surface area contributed by atoms with Gasteiger partial charge in [-0.05, 0) is 68.7 Å². The second kappa shape index (κ2) is 10.9. The highest BCUT2D eigenvalue weighted by molar-refractivity contribution is 9.10. The zero-order chi connectivity index (χ0) is 23.3. The molecule has 170 valence electrons. The van der Waals surface area contributed by atoms with Gasteiger partial charge in [-0.1, -0.05) is 33.8 Å². The molecule has 7 nitrogen and oxygen atoms in total. The fourth-order valence-electron chi connectivity index (χ4n) is 3.13. The second-order valence-corrected chi connectivity index (χ2v) is 9.06. The van der Waals surface area contributed by atoms with Gasteiger partial charge in [0.15, 0.2) is 22.5 Å². The molecule has 0 atom stereocenters. The molecular formula is C23H27BrN4O3S. The van der Waals surface area contributed by atoms with E-state index < -0.39 is 0 Å². The predicted molar refractivity (Wildman–Crippen MR) is 131 cm³/mol. The van der Waals surface area contributed by atoms with Crippen LogP contribution in [0.25, 0.3) is 0 Å². The largest absolute Gasteiger partial charge is 0.493 e. The van der Waals surface area contributed by atoms with E-state index in [4.69, 9.17) is 9.47 Å². The predicted octanol–water partition coefficient (Wildman–Crippen LogP) is 5.30. The molecule has 3 aromatic rings. The van der Waals surface area contributed by atoms with Gasteiger partial charge >= 0.3 is 0 Å². The number of thioether (sulfide) groups is 1. The molecule has 0 radical (unpaired) electrons. The van der Waals surface area contributed by atoms with Crippen LogP contribution in [-0.2, 0) is 17.9 Å². The Morgan fingerprint density at radius 1 is 1.12 bits per heavy atom. The van der Waals surface area contributed by atoms with Gasteiger partial charge in [0.05, 0.1) is 12.9 Å². The Morgan fingerprint density at radius 2 is 1.91 bits per heavy atom. The quantitative estimate of drug-likeness (QED) is 0.387. The monoisotopic (exact) mass is 518 g/mol. The van der Waals surface area contributed by atoms with E-state index in [1.165, 1.54) is 11.8 Å². The summed E-state index contributed by atoms with van der Waals surface area (Å²) < 4.78 is 14.3. The van der Waals surface area contributed by atoms with Gasteiger partial charge in [0, 0.05) is 16.7 Å². The number of aryl methyl sites for hydroxylation is 1. The number of carbonyl (C=O) groups excluding carboxylic acids is 1. The highest BCUT2D eigenvalue weighted by Gasteiger charge is 2.15. The molecule has 2 aromatic carbocycles. The molecule has 0 bridgehead atoms. The first kappa shape index (κ1) is 24.1. The number of aromatic nitrogens is 3. The molecule has 0 fully saturated rings. The van der Waals surface area contributed by atoms with Crippen molar-refractivity contribution in [2.75, 3.05) is 18.2 Å². The average Bonchev–Trinajstić information content (AvgIpc) is 3.18. The second-order valence-electron chi connectivity index (χ2n) is 7.27. The lowest BCUT2D eigenvalue weighted by Crippen LogP contribution is -2.16. The van der Waals surface area contributed by atoms with Gasteiger partial charge in [-0.2, -0.15) is 0 Å². The topological polar surface area (TPSA) is 78.3 Å². The first-order valence-electron chi connectivity index (χ1n) is 10.2. The summed E-state index contributed by atoms with van der Waals surface area (Å²) in [6, 6.07) is 9.62. The van der Waals surface area contributed by atoms with Crippen LogP contribution in [-0.4, -0.2) is 33.5 Å². The van der Waals surface area contributed by atoms with Crippen molar-refractivity contribution in [1.29, 1.82) is 0 Å². The molecule has 0 unspecified atom stereocenters. The number of amides is 1. The molecule has 0 aliphatic carbocycles. The summed E-state index contributed by atoms with van der Waals surface area (Å²) in [4.78, 5) is 12.5. The van der Waals surface area contributed by atoms with Crippen molar-refractivity contribution in [3.63, 3.8) is 0 Å². The number of hydrogen-bond donors (Lipinski definition) is 1. The number of nitrogens with zero attached hydrogens (tertiary/aromatic N) is 3.